The number of hydrogen-bond donors (Lipinski definition) is 1. The van der Waals surface area contributed by atoms with E-state index in [1.165, 1.54) is 6.92 Å². The lowest BCUT2D eigenvalue weighted by Crippen LogP contribution is -2.55. The Labute approximate surface area is 122 Å². The molecule has 5 nitrogen and oxygen atoms in total. The molecule has 1 aromatic heterocycles. The van der Waals surface area contributed by atoms with Crippen molar-refractivity contribution < 1.29 is 9.53 Å². The number of piperazine rings is 1. The second-order valence-electron chi connectivity index (χ2n) is 5.82. The van der Waals surface area contributed by atoms with Crippen LogP contribution in [0, 0.1) is 0 Å². The highest BCUT2D eigenvalue weighted by molar-refractivity contribution is 5.82. The van der Waals surface area contributed by atoms with Crippen molar-refractivity contribution in [2.45, 2.75) is 25.1 Å². The lowest BCUT2D eigenvalue weighted by molar-refractivity contribution is -0.154. The van der Waals surface area contributed by atoms with Crippen LogP contribution in [0.25, 0.3) is 10.9 Å². The monoisotopic (exact) mass is 283 g/mol. The first-order valence-electron chi connectivity index (χ1n) is 7.22. The Morgan fingerprint density at radius 1 is 1.48 bits per heavy atom. The van der Waals surface area contributed by atoms with Crippen LogP contribution in [0.15, 0.2) is 36.5 Å². The number of rotatable bonds is 2. The van der Waals surface area contributed by atoms with Crippen molar-refractivity contribution in [1.29, 1.82) is 0 Å². The van der Waals surface area contributed by atoms with Crippen LogP contribution in [0.1, 0.15) is 13.3 Å². The van der Waals surface area contributed by atoms with Crippen LogP contribution in [0.2, 0.25) is 0 Å². The maximum absolute atomic E-state index is 11.5. The van der Waals surface area contributed by atoms with Crippen LogP contribution in [0.3, 0.4) is 0 Å². The Morgan fingerprint density at radius 2 is 2.33 bits per heavy atom. The van der Waals surface area contributed by atoms with Gasteiger partial charge in [0.1, 0.15) is 0 Å². The van der Waals surface area contributed by atoms with Crippen LogP contribution >= 0.6 is 0 Å². The molecule has 0 radical (unpaired) electrons. The molecular formula is C16H17N3O2. The van der Waals surface area contributed by atoms with E-state index < -0.39 is 5.72 Å². The van der Waals surface area contributed by atoms with Crippen molar-refractivity contribution in [1.82, 2.24) is 10.3 Å². The largest absolute Gasteiger partial charge is 0.438 e. The number of carbonyl (C=O) groups excluding carboxylic acids is 1. The molecule has 0 unspecified atom stereocenters. The molecule has 2 saturated heterocycles. The Balaban J connectivity index is 1.75. The van der Waals surface area contributed by atoms with Gasteiger partial charge in [-0.25, -0.2) is 0 Å². The summed E-state index contributed by atoms with van der Waals surface area (Å²) in [4.78, 5) is 18.2. The molecular weight excluding hydrogens is 266 g/mol. The van der Waals surface area contributed by atoms with E-state index in [0.717, 1.165) is 29.6 Å². The average molecular weight is 283 g/mol. The van der Waals surface area contributed by atoms with Crippen molar-refractivity contribution in [3.05, 3.63) is 36.5 Å². The third-order valence-electron chi connectivity index (χ3n) is 4.35. The first kappa shape index (κ1) is 12.6. The summed E-state index contributed by atoms with van der Waals surface area (Å²) in [5, 5.41) is 4.50. The van der Waals surface area contributed by atoms with Gasteiger partial charge in [0.15, 0.2) is 5.72 Å². The standard InChI is InChI=1S/C16H17N3O2/c1-11(20)21-16-7-13(18-10-16)9-19(16)14-6-12-4-2-3-5-15(12)17-8-14/h2-6,8,13,18H,7,9-10H2,1H3/t13-,16-/m0/s1. The van der Waals surface area contributed by atoms with E-state index in [2.05, 4.69) is 27.3 Å². The lowest BCUT2D eigenvalue weighted by atomic mass is 10.1. The molecule has 2 aliphatic heterocycles. The van der Waals surface area contributed by atoms with Crippen molar-refractivity contribution in [2.24, 2.45) is 0 Å². The van der Waals surface area contributed by atoms with E-state index in [-0.39, 0.29) is 5.97 Å². The van der Waals surface area contributed by atoms with Gasteiger partial charge < -0.3 is 15.0 Å². The van der Waals surface area contributed by atoms with E-state index in [1.54, 1.807) is 0 Å². The molecule has 2 aliphatic rings. The topological polar surface area (TPSA) is 54.5 Å². The number of benzene rings is 1. The van der Waals surface area contributed by atoms with Crippen LogP contribution in [0.5, 0.6) is 0 Å². The maximum Gasteiger partial charge on any atom is 0.304 e. The van der Waals surface area contributed by atoms with Crippen LogP contribution in [-0.2, 0) is 9.53 Å². The number of fused-ring (bicyclic) bond motifs is 3. The van der Waals surface area contributed by atoms with Gasteiger partial charge in [0.2, 0.25) is 0 Å². The molecule has 1 N–H and O–H groups in total. The van der Waals surface area contributed by atoms with E-state index in [0.29, 0.717) is 12.6 Å². The number of anilines is 1. The van der Waals surface area contributed by atoms with Gasteiger partial charge in [-0.3, -0.25) is 9.78 Å². The molecule has 4 rings (SSSR count). The van der Waals surface area contributed by atoms with Crippen LogP contribution in [0.4, 0.5) is 5.69 Å². The van der Waals surface area contributed by atoms with Gasteiger partial charge in [0, 0.05) is 31.3 Å². The molecule has 0 amide bonds. The fraction of sp³-hybridized carbons (Fsp3) is 0.375. The molecule has 21 heavy (non-hydrogen) atoms. The lowest BCUT2D eigenvalue weighted by Gasteiger charge is -2.39. The van der Waals surface area contributed by atoms with Gasteiger partial charge in [-0.2, -0.15) is 0 Å². The van der Waals surface area contributed by atoms with Crippen LogP contribution < -0.4 is 10.2 Å². The summed E-state index contributed by atoms with van der Waals surface area (Å²) in [6.45, 7) is 2.98. The van der Waals surface area contributed by atoms with E-state index in [9.17, 15) is 4.79 Å². The average Bonchev–Trinajstić information content (AvgIpc) is 3.03. The van der Waals surface area contributed by atoms with Crippen molar-refractivity contribution in [2.75, 3.05) is 18.0 Å². The molecule has 2 fully saturated rings. The van der Waals surface area contributed by atoms with Gasteiger partial charge in [-0.15, -0.1) is 0 Å². The number of carbonyl (C=O) groups is 1. The van der Waals surface area contributed by atoms with E-state index in [1.807, 2.05) is 24.4 Å². The summed E-state index contributed by atoms with van der Waals surface area (Å²) in [7, 11) is 0. The Morgan fingerprint density at radius 3 is 3.14 bits per heavy atom. The molecule has 1 aromatic carbocycles. The summed E-state index contributed by atoms with van der Waals surface area (Å²) in [6.07, 6.45) is 2.70. The van der Waals surface area contributed by atoms with Gasteiger partial charge >= 0.3 is 5.97 Å². The van der Waals surface area contributed by atoms with Gasteiger partial charge in [-0.05, 0) is 12.1 Å². The third kappa shape index (κ3) is 1.96. The molecule has 3 heterocycles. The fourth-order valence-corrected chi connectivity index (χ4v) is 3.50. The van der Waals surface area contributed by atoms with Gasteiger partial charge in [0.25, 0.3) is 0 Å². The first-order chi connectivity index (χ1) is 10.2. The van der Waals surface area contributed by atoms with E-state index >= 15 is 0 Å². The highest BCUT2D eigenvalue weighted by Gasteiger charge is 2.53. The van der Waals surface area contributed by atoms with Crippen molar-refractivity contribution >= 4 is 22.6 Å². The predicted molar refractivity (Wildman–Crippen MR) is 80.0 cm³/mol. The predicted octanol–water partition coefficient (Wildman–Crippen LogP) is 1.68. The number of nitrogens with zero attached hydrogens (tertiary/aromatic N) is 2. The summed E-state index contributed by atoms with van der Waals surface area (Å²) in [5.74, 6) is -0.238. The number of esters is 1. The second-order valence-corrected chi connectivity index (χ2v) is 5.82. The zero-order valence-electron chi connectivity index (χ0n) is 11.9. The Bertz CT molecular complexity index is 717. The first-order valence-corrected chi connectivity index (χ1v) is 7.22. The number of nitrogens with one attached hydrogen (secondary N) is 1. The summed E-state index contributed by atoms with van der Waals surface area (Å²) in [5.41, 5.74) is 1.44. The molecule has 0 saturated carbocycles. The number of hydrogen-bond acceptors (Lipinski definition) is 5. The molecule has 2 aromatic rings. The van der Waals surface area contributed by atoms with Crippen molar-refractivity contribution in [3.8, 4) is 0 Å². The zero-order valence-corrected chi connectivity index (χ0v) is 11.9. The van der Waals surface area contributed by atoms with Gasteiger partial charge in [0.05, 0.1) is 23.9 Å². The summed E-state index contributed by atoms with van der Waals surface area (Å²) in [6, 6.07) is 10.5. The Kier molecular flexibility index (Phi) is 2.65. The number of para-hydroxylation sites is 1. The molecule has 2 bridgehead atoms. The quantitative estimate of drug-likeness (QED) is 0.850. The van der Waals surface area contributed by atoms with E-state index in [4.69, 9.17) is 4.74 Å². The molecule has 5 heteroatoms. The molecule has 0 spiro atoms. The van der Waals surface area contributed by atoms with Gasteiger partial charge in [-0.1, -0.05) is 18.2 Å². The second kappa shape index (κ2) is 4.43. The molecule has 2 atom stereocenters. The fourth-order valence-electron chi connectivity index (χ4n) is 3.50. The van der Waals surface area contributed by atoms with Crippen LogP contribution in [-0.4, -0.2) is 35.8 Å². The Hall–Kier alpha value is -2.14. The SMILES string of the molecule is CC(=O)O[C@@]12CN[C@H](CN1c1cnc3ccccc3c1)C2. The molecule has 0 aliphatic carbocycles. The molecule has 108 valence electrons. The highest BCUT2D eigenvalue weighted by Crippen LogP contribution is 2.39. The zero-order chi connectivity index (χ0) is 14.4. The third-order valence-corrected chi connectivity index (χ3v) is 4.35. The maximum atomic E-state index is 11.5. The number of aromatic nitrogens is 1. The summed E-state index contributed by atoms with van der Waals surface area (Å²) < 4.78 is 5.67. The minimum absolute atomic E-state index is 0.238. The highest BCUT2D eigenvalue weighted by atomic mass is 16.6. The van der Waals surface area contributed by atoms with Crippen molar-refractivity contribution in [3.63, 3.8) is 0 Å². The number of ether oxygens (including phenoxy) is 1. The number of pyridine rings is 1. The summed E-state index contributed by atoms with van der Waals surface area (Å²) >= 11 is 0. The smallest absolute Gasteiger partial charge is 0.304 e. The normalized spacial score (nSPS) is 27.3. The minimum atomic E-state index is -0.555. The minimum Gasteiger partial charge on any atom is -0.438 e.